The van der Waals surface area contributed by atoms with Crippen LogP contribution >= 0.6 is 0 Å². The maximum atomic E-state index is 13.0. The van der Waals surface area contributed by atoms with Crippen LogP contribution in [0.4, 0.5) is 21.9 Å². The number of imide groups is 2. The zero-order valence-corrected chi connectivity index (χ0v) is 16.4. The molecule has 3 rings (SSSR count). The third kappa shape index (κ3) is 4.06. The molecule has 0 spiro atoms. The number of amides is 4. The lowest BCUT2D eigenvalue weighted by Crippen LogP contribution is -2.59. The number of nitrogens with zero attached hydrogens (tertiary/aromatic N) is 2. The summed E-state index contributed by atoms with van der Waals surface area (Å²) in [6, 6.07) is 13.0. The van der Waals surface area contributed by atoms with Crippen LogP contribution < -0.4 is 25.2 Å². The smallest absolute Gasteiger partial charge is 0.335 e. The van der Waals surface area contributed by atoms with Gasteiger partial charge in [0, 0.05) is 31.2 Å². The number of benzene rings is 2. The van der Waals surface area contributed by atoms with Gasteiger partial charge in [-0.3, -0.25) is 14.9 Å². The molecule has 1 saturated heterocycles. The molecular weight excluding hydrogens is 372 g/mol. The van der Waals surface area contributed by atoms with E-state index in [1.165, 1.54) is 7.11 Å². The predicted octanol–water partition coefficient (Wildman–Crippen LogP) is 2.59. The third-order valence-corrected chi connectivity index (χ3v) is 4.53. The van der Waals surface area contributed by atoms with E-state index in [0.29, 0.717) is 17.1 Å². The summed E-state index contributed by atoms with van der Waals surface area (Å²) in [5.74, 6) is -2.06. The molecule has 29 heavy (non-hydrogen) atoms. The lowest BCUT2D eigenvalue weighted by molar-refractivity contribution is -0.132. The number of carbonyl (C=O) groups is 3. The van der Waals surface area contributed by atoms with E-state index in [1.807, 2.05) is 43.3 Å². The van der Waals surface area contributed by atoms with E-state index >= 15 is 0 Å². The Bertz CT molecular complexity index is 952. The van der Waals surface area contributed by atoms with Crippen molar-refractivity contribution in [1.29, 1.82) is 0 Å². The van der Waals surface area contributed by atoms with Gasteiger partial charge < -0.3 is 15.0 Å². The number of methoxy groups -OCH3 is 1. The van der Waals surface area contributed by atoms with Gasteiger partial charge in [-0.2, -0.15) is 0 Å². The number of anilines is 3. The van der Waals surface area contributed by atoms with Crippen molar-refractivity contribution in [2.75, 3.05) is 36.3 Å². The lowest BCUT2D eigenvalue weighted by Gasteiger charge is -2.31. The molecule has 2 aromatic rings. The number of ether oxygens (including phenoxy) is 1. The second-order valence-electron chi connectivity index (χ2n) is 6.69. The third-order valence-electron chi connectivity index (χ3n) is 4.53. The standard InChI is InChI=1S/C21H22N4O4/c1-13(22-14-5-7-15(8-6-14)24(2)3)18-19(26)23-21(28)25(20(18)27)16-9-11-17(29-4)12-10-16/h5-12,18,22H,1H2,2-4H3,(H,23,26,28)/t18-/m1/s1. The highest BCUT2D eigenvalue weighted by Gasteiger charge is 2.43. The molecule has 0 saturated carbocycles. The normalized spacial score (nSPS) is 16.3. The summed E-state index contributed by atoms with van der Waals surface area (Å²) in [5, 5.41) is 5.21. The highest BCUT2D eigenvalue weighted by molar-refractivity contribution is 6.28. The van der Waals surface area contributed by atoms with Gasteiger partial charge >= 0.3 is 6.03 Å². The maximum Gasteiger partial charge on any atom is 0.335 e. The minimum absolute atomic E-state index is 0.177. The van der Waals surface area contributed by atoms with E-state index < -0.39 is 23.8 Å². The molecule has 150 valence electrons. The Kier molecular flexibility index (Phi) is 5.54. The van der Waals surface area contributed by atoms with Crippen molar-refractivity contribution in [3.63, 3.8) is 0 Å². The van der Waals surface area contributed by atoms with Gasteiger partial charge in [0.05, 0.1) is 12.8 Å². The largest absolute Gasteiger partial charge is 0.497 e. The minimum atomic E-state index is -1.25. The van der Waals surface area contributed by atoms with Gasteiger partial charge in [-0.15, -0.1) is 0 Å². The fraction of sp³-hybridized carbons (Fsp3) is 0.190. The summed E-state index contributed by atoms with van der Waals surface area (Å²) in [5.41, 5.74) is 2.18. The number of hydrogen-bond donors (Lipinski definition) is 2. The molecule has 0 aliphatic carbocycles. The van der Waals surface area contributed by atoms with Gasteiger partial charge in [0.1, 0.15) is 5.75 Å². The number of carbonyl (C=O) groups excluding carboxylic acids is 3. The van der Waals surface area contributed by atoms with E-state index in [-0.39, 0.29) is 5.70 Å². The summed E-state index contributed by atoms with van der Waals surface area (Å²) in [6.07, 6.45) is 0. The molecule has 8 nitrogen and oxygen atoms in total. The van der Waals surface area contributed by atoms with Crippen LogP contribution in [0.2, 0.25) is 0 Å². The van der Waals surface area contributed by atoms with Gasteiger partial charge in [0.2, 0.25) is 5.91 Å². The first kappa shape index (κ1) is 19.9. The van der Waals surface area contributed by atoms with Crippen molar-refractivity contribution in [3.05, 3.63) is 60.8 Å². The van der Waals surface area contributed by atoms with Crippen LogP contribution in [-0.2, 0) is 9.59 Å². The topological polar surface area (TPSA) is 91.0 Å². The van der Waals surface area contributed by atoms with Crippen LogP contribution in [0.1, 0.15) is 0 Å². The van der Waals surface area contributed by atoms with Crippen molar-refractivity contribution < 1.29 is 19.1 Å². The van der Waals surface area contributed by atoms with Crippen molar-refractivity contribution in [3.8, 4) is 5.75 Å². The summed E-state index contributed by atoms with van der Waals surface area (Å²) in [4.78, 5) is 40.5. The molecule has 1 atom stereocenters. The Balaban J connectivity index is 1.81. The highest BCUT2D eigenvalue weighted by atomic mass is 16.5. The van der Waals surface area contributed by atoms with E-state index in [0.717, 1.165) is 10.6 Å². The number of nitrogens with one attached hydrogen (secondary N) is 2. The quantitative estimate of drug-likeness (QED) is 0.732. The first-order valence-electron chi connectivity index (χ1n) is 8.88. The molecular formula is C21H22N4O4. The van der Waals surface area contributed by atoms with Crippen molar-refractivity contribution in [1.82, 2.24) is 5.32 Å². The van der Waals surface area contributed by atoms with Crippen LogP contribution in [0.25, 0.3) is 0 Å². The second-order valence-corrected chi connectivity index (χ2v) is 6.69. The van der Waals surface area contributed by atoms with Crippen LogP contribution in [0.3, 0.4) is 0 Å². The number of barbiturate groups is 1. The molecule has 8 heteroatoms. The van der Waals surface area contributed by atoms with Crippen molar-refractivity contribution in [2.45, 2.75) is 0 Å². The average molecular weight is 394 g/mol. The molecule has 4 amide bonds. The fourth-order valence-corrected chi connectivity index (χ4v) is 2.96. The van der Waals surface area contributed by atoms with E-state index in [1.54, 1.807) is 24.3 Å². The first-order valence-corrected chi connectivity index (χ1v) is 8.88. The SMILES string of the molecule is C=C(Nc1ccc(N(C)C)cc1)[C@@H]1C(=O)NC(=O)N(c2ccc(OC)cc2)C1=O. The van der Waals surface area contributed by atoms with E-state index in [9.17, 15) is 14.4 Å². The van der Waals surface area contributed by atoms with Crippen LogP contribution in [0, 0.1) is 5.92 Å². The first-order chi connectivity index (χ1) is 13.8. The van der Waals surface area contributed by atoms with Gasteiger partial charge in [0.15, 0.2) is 5.92 Å². The van der Waals surface area contributed by atoms with E-state index in [4.69, 9.17) is 4.74 Å². The maximum absolute atomic E-state index is 13.0. The summed E-state index contributed by atoms with van der Waals surface area (Å²) in [6.45, 7) is 3.85. The Morgan fingerprint density at radius 1 is 1.07 bits per heavy atom. The molecule has 0 unspecified atom stereocenters. The predicted molar refractivity (Wildman–Crippen MR) is 111 cm³/mol. The number of hydrogen-bond acceptors (Lipinski definition) is 6. The minimum Gasteiger partial charge on any atom is -0.497 e. The molecule has 0 radical (unpaired) electrons. The Morgan fingerprint density at radius 2 is 1.69 bits per heavy atom. The number of urea groups is 1. The molecule has 1 aliphatic heterocycles. The lowest BCUT2D eigenvalue weighted by atomic mass is 10.0. The van der Waals surface area contributed by atoms with Gasteiger partial charge in [-0.25, -0.2) is 9.69 Å². The molecule has 2 aromatic carbocycles. The van der Waals surface area contributed by atoms with Crippen molar-refractivity contribution in [2.24, 2.45) is 5.92 Å². The Labute approximate surface area is 168 Å². The molecule has 0 aromatic heterocycles. The summed E-state index contributed by atoms with van der Waals surface area (Å²) >= 11 is 0. The molecule has 1 fully saturated rings. The van der Waals surface area contributed by atoms with Gasteiger partial charge in [-0.05, 0) is 48.5 Å². The van der Waals surface area contributed by atoms with Crippen molar-refractivity contribution >= 4 is 34.9 Å². The molecule has 1 heterocycles. The number of rotatable bonds is 6. The summed E-state index contributed by atoms with van der Waals surface area (Å²) < 4.78 is 5.09. The average Bonchev–Trinajstić information content (AvgIpc) is 2.68. The second kappa shape index (κ2) is 8.05. The molecule has 2 N–H and O–H groups in total. The monoisotopic (exact) mass is 394 g/mol. The zero-order valence-electron chi connectivity index (χ0n) is 16.4. The van der Waals surface area contributed by atoms with E-state index in [2.05, 4.69) is 17.2 Å². The van der Waals surface area contributed by atoms with Crippen LogP contribution in [0.15, 0.2) is 60.8 Å². The summed E-state index contributed by atoms with van der Waals surface area (Å²) in [7, 11) is 5.37. The van der Waals surface area contributed by atoms with Gasteiger partial charge in [-0.1, -0.05) is 6.58 Å². The highest BCUT2D eigenvalue weighted by Crippen LogP contribution is 2.27. The molecule has 1 aliphatic rings. The van der Waals surface area contributed by atoms with Crippen LogP contribution in [0.5, 0.6) is 5.75 Å². The van der Waals surface area contributed by atoms with Gasteiger partial charge in [0.25, 0.3) is 5.91 Å². The molecule has 0 bridgehead atoms. The Hall–Kier alpha value is -3.81. The fourth-order valence-electron chi connectivity index (χ4n) is 2.96. The Morgan fingerprint density at radius 3 is 2.24 bits per heavy atom. The van der Waals surface area contributed by atoms with Crippen LogP contribution in [-0.4, -0.2) is 39.1 Å². The zero-order chi connectivity index (χ0) is 21.1.